The molecule has 4 saturated heterocycles. The molecule has 8 rings (SSSR count). The number of hydrogen-bond donors (Lipinski definition) is 6. The van der Waals surface area contributed by atoms with Crippen LogP contribution in [0.1, 0.15) is 222 Å². The van der Waals surface area contributed by atoms with Crippen molar-refractivity contribution in [3.8, 4) is 0 Å². The molecule has 8 heterocycles. The molecule has 0 saturated carbocycles. The standard InChI is InChI=1S/C19H33N3O4.C18H32N3O7P.C18H32N3O6PS.C18H31N3O4/c1-11-10-22(17(23)21-15(11)20)16-14(24-8)13(26-19(5,6)7)12(25-16)9-18(2,3)4;1-17(2,3)10-11-13(27-29(23,24)28-18(4,5)6)14(25-7)15(26-11)21-9-8-12(19)20-16(21)22;1-17(2,3)10-11-13(26-28(23,29)27-18(4,5)6)14(24-7)15(25-11)21-9-8-12(19)20-16(21)22;1-17(2,3)10-11-13(25-18(4,5)6)14(23-7)15(24-11)21-9-8-12(19)20-16(21)22/h10,12-14,16H,9H2,1-8H3,(H2,20,21,23);8-9,11,13-15H,10H2,1-7H3,(H,23,24)(H2,19,20,22);8-9,11,13-15H,10H2,1-7H3,(H,23,29)(H2,19,20,22);8-9,11,13-15H,10H2,1-7H3,(H2,19,20,22)/t12-,13-,14-,16-;11-,13-,14-,15-;11-,13-,14-,15-,28?;11-,13-,14-,15-/m1111/s1. The number of hydrogen-bond acceptors (Lipinski definition) is 28. The normalized spacial score (nSPS) is 27.6. The highest BCUT2D eigenvalue weighted by Gasteiger charge is 2.55. The Morgan fingerprint density at radius 3 is 0.945 bits per heavy atom. The molecule has 4 aromatic heterocycles. The van der Waals surface area contributed by atoms with Gasteiger partial charge in [-0.2, -0.15) is 19.9 Å². The molecular weight excluding hydrogens is 1470 g/mol. The fourth-order valence-corrected chi connectivity index (χ4v) is 16.4. The molecular formula is C73H128N12O21P2S. The first-order chi connectivity index (χ1) is 49.5. The van der Waals surface area contributed by atoms with Gasteiger partial charge < -0.3 is 84.6 Å². The zero-order valence-electron chi connectivity index (χ0n) is 69.4. The minimum absolute atomic E-state index is 0.0393. The number of aryl methyl sites for hydroxylation is 1. The molecule has 0 aliphatic carbocycles. The molecule has 33 nitrogen and oxygen atoms in total. The molecule has 4 aliphatic rings. The van der Waals surface area contributed by atoms with Crippen molar-refractivity contribution in [1.82, 2.24) is 38.2 Å². The van der Waals surface area contributed by atoms with Crippen molar-refractivity contribution in [2.75, 3.05) is 51.4 Å². The fraction of sp³-hybridized carbons (Fsp3) is 0.781. The molecule has 4 fully saturated rings. The lowest BCUT2D eigenvalue weighted by Gasteiger charge is -2.32. The number of nitrogens with zero attached hydrogens (tertiary/aromatic N) is 8. The summed E-state index contributed by atoms with van der Waals surface area (Å²) in [6.07, 6.45) is -0.329. The molecule has 4 aromatic rings. The molecule has 4 aliphatic heterocycles. The third-order valence-electron chi connectivity index (χ3n) is 16.6. The highest BCUT2D eigenvalue weighted by molar-refractivity contribution is 8.07. The van der Waals surface area contributed by atoms with Gasteiger partial charge in [0.15, 0.2) is 24.9 Å². The lowest BCUT2D eigenvalue weighted by atomic mass is 9.87. The summed E-state index contributed by atoms with van der Waals surface area (Å²) in [5.74, 6) is 0.603. The Hall–Kier alpha value is -5.04. The van der Waals surface area contributed by atoms with Crippen molar-refractivity contribution in [1.29, 1.82) is 0 Å². The zero-order chi connectivity index (χ0) is 83.2. The van der Waals surface area contributed by atoms with Gasteiger partial charge in [0.05, 0.1) is 46.8 Å². The lowest BCUT2D eigenvalue weighted by Crippen LogP contribution is -2.43. The monoisotopic (exact) mass is 1600 g/mol. The molecule has 109 heavy (non-hydrogen) atoms. The van der Waals surface area contributed by atoms with Crippen LogP contribution in [0, 0.1) is 28.6 Å². The second-order valence-electron chi connectivity index (χ2n) is 36.6. The van der Waals surface area contributed by atoms with Crippen LogP contribution in [-0.4, -0.2) is 172 Å². The summed E-state index contributed by atoms with van der Waals surface area (Å²) in [6, 6.07) is 4.54. The number of aromatic nitrogens is 8. The third-order valence-corrected chi connectivity index (χ3v) is 19.6. The Balaban J connectivity index is 0.000000261. The van der Waals surface area contributed by atoms with E-state index in [0.29, 0.717) is 12.8 Å². The van der Waals surface area contributed by atoms with Gasteiger partial charge in [0.25, 0.3) is 0 Å². The van der Waals surface area contributed by atoms with Crippen molar-refractivity contribution in [3.63, 3.8) is 0 Å². The molecule has 2 unspecified atom stereocenters. The number of nitrogens with two attached hydrogens (primary N) is 4. The van der Waals surface area contributed by atoms with Crippen molar-refractivity contribution in [3.05, 3.63) is 90.5 Å². The Kier molecular flexibility index (Phi) is 31.8. The average molecular weight is 1600 g/mol. The van der Waals surface area contributed by atoms with Crippen LogP contribution in [0.3, 0.4) is 0 Å². The van der Waals surface area contributed by atoms with E-state index in [2.05, 4.69) is 82.2 Å². The van der Waals surface area contributed by atoms with Crippen molar-refractivity contribution >= 4 is 49.6 Å². The van der Waals surface area contributed by atoms with Gasteiger partial charge in [0.1, 0.15) is 72.1 Å². The first kappa shape index (κ1) is 94.6. The van der Waals surface area contributed by atoms with Crippen LogP contribution in [-0.2, 0) is 81.8 Å². The molecule has 0 bridgehead atoms. The predicted octanol–water partition coefficient (Wildman–Crippen LogP) is 10.1. The van der Waals surface area contributed by atoms with Crippen LogP contribution in [0.25, 0.3) is 0 Å². The largest absolute Gasteiger partial charge is 0.473 e. The van der Waals surface area contributed by atoms with Crippen molar-refractivity contribution < 1.29 is 79.8 Å². The van der Waals surface area contributed by atoms with Crippen molar-refractivity contribution in [2.24, 2.45) is 21.7 Å². The predicted molar refractivity (Wildman–Crippen MR) is 418 cm³/mol. The Labute approximate surface area is 647 Å². The summed E-state index contributed by atoms with van der Waals surface area (Å²) in [5, 5.41) is 0. The van der Waals surface area contributed by atoms with Gasteiger partial charge in [0, 0.05) is 58.8 Å². The minimum atomic E-state index is -4.44. The van der Waals surface area contributed by atoms with Gasteiger partial charge in [-0.15, -0.1) is 0 Å². The van der Waals surface area contributed by atoms with E-state index in [-0.39, 0.29) is 80.5 Å². The Morgan fingerprint density at radius 2 is 0.679 bits per heavy atom. The number of rotatable bonds is 20. The number of methoxy groups -OCH3 is 4. The third kappa shape index (κ3) is 29.1. The maximum absolute atomic E-state index is 12.6. The lowest BCUT2D eigenvalue weighted by molar-refractivity contribution is -0.124. The summed E-state index contributed by atoms with van der Waals surface area (Å²) in [6.45, 7) is 45.6. The summed E-state index contributed by atoms with van der Waals surface area (Å²) < 4.78 is 100. The average Bonchev–Trinajstić information content (AvgIpc) is 1.65. The first-order valence-electron chi connectivity index (χ1n) is 36.4. The van der Waals surface area contributed by atoms with Crippen LogP contribution in [0.4, 0.5) is 23.3 Å². The zero-order valence-corrected chi connectivity index (χ0v) is 72.1. The van der Waals surface area contributed by atoms with Crippen LogP contribution in [0.5, 0.6) is 0 Å². The molecule has 0 spiro atoms. The summed E-state index contributed by atoms with van der Waals surface area (Å²) >= 11 is 5.24. The van der Waals surface area contributed by atoms with Gasteiger partial charge in [-0.3, -0.25) is 31.8 Å². The Morgan fingerprint density at radius 1 is 0.413 bits per heavy atom. The summed E-state index contributed by atoms with van der Waals surface area (Å²) in [5.41, 5.74) is 18.6. The van der Waals surface area contributed by atoms with E-state index in [4.69, 9.17) is 100 Å². The summed E-state index contributed by atoms with van der Waals surface area (Å²) in [4.78, 5) is 85.5. The summed E-state index contributed by atoms with van der Waals surface area (Å²) in [7, 11) is 1.68. The SMILES string of the molecule is CO[C@@H]1[C@H](OC(C)(C)C)[C@@H](CC(C)(C)C)O[C@H]1n1cc(C)c(N)nc1=O.CO[C@@H]1[C@H](OC(C)(C)C)[C@@H](CC(C)(C)C)O[C@H]1n1ccc(N)nc1=O.CO[C@@H]1[C@H](OP(=O)(O)OC(C)(C)C)[C@@H](CC(C)(C)C)O[C@H]1n1ccc(N)nc1=O.CO[C@@H]1[C@H](OP(O)(=S)OC(C)(C)C)[C@@H](CC(C)(C)C)O[C@H]1n1ccc(N)nc1=O. The first-order valence-corrected chi connectivity index (χ1v) is 40.5. The van der Waals surface area contributed by atoms with Gasteiger partial charge in [-0.1, -0.05) is 83.1 Å². The number of phosphoric ester groups is 1. The van der Waals surface area contributed by atoms with Gasteiger partial charge >= 0.3 is 37.3 Å². The molecule has 0 amide bonds. The van der Waals surface area contributed by atoms with E-state index >= 15 is 0 Å². The maximum Gasteiger partial charge on any atom is 0.473 e. The number of anilines is 4. The second-order valence-corrected chi connectivity index (χ2v) is 40.7. The maximum atomic E-state index is 12.6. The number of nitrogen functional groups attached to an aromatic ring is 4. The van der Waals surface area contributed by atoms with Crippen LogP contribution in [0.15, 0.2) is 62.2 Å². The second kappa shape index (κ2) is 36.6. The quantitative estimate of drug-likeness (QED) is 0.0448. The van der Waals surface area contributed by atoms with Gasteiger partial charge in [-0.25, -0.2) is 23.7 Å². The van der Waals surface area contributed by atoms with Gasteiger partial charge in [-0.05, 0) is 167 Å². The van der Waals surface area contributed by atoms with E-state index in [1.54, 1.807) is 74.2 Å². The van der Waals surface area contributed by atoms with Crippen molar-refractivity contribution in [2.45, 2.75) is 319 Å². The van der Waals surface area contributed by atoms with E-state index in [0.717, 1.165) is 18.4 Å². The molecule has 36 heteroatoms. The smallest absolute Gasteiger partial charge is 0.383 e. The van der Waals surface area contributed by atoms with Crippen LogP contribution >= 0.6 is 14.5 Å². The minimum Gasteiger partial charge on any atom is -0.383 e. The fourth-order valence-electron chi connectivity index (χ4n) is 12.8. The van der Waals surface area contributed by atoms with E-state index in [1.165, 1.54) is 57.0 Å². The topological polar surface area (TPSA) is 430 Å². The highest BCUT2D eigenvalue weighted by atomic mass is 32.5. The molecule has 622 valence electrons. The van der Waals surface area contributed by atoms with Gasteiger partial charge in [0.2, 0.25) is 0 Å². The van der Waals surface area contributed by atoms with E-state index < -0.39 is 122 Å². The molecule has 0 aromatic carbocycles. The van der Waals surface area contributed by atoms with E-state index in [9.17, 15) is 33.5 Å². The number of ether oxygens (including phenoxy) is 10. The van der Waals surface area contributed by atoms with Crippen LogP contribution in [0.2, 0.25) is 0 Å². The molecule has 0 radical (unpaired) electrons. The van der Waals surface area contributed by atoms with E-state index in [1.807, 2.05) is 69.2 Å². The van der Waals surface area contributed by atoms with Crippen LogP contribution < -0.4 is 45.7 Å². The molecule has 18 atom stereocenters. The Bertz CT molecular complexity index is 3840. The highest BCUT2D eigenvalue weighted by Crippen LogP contribution is 2.55. The molecule has 10 N–H and O–H groups in total. The number of phosphoric acid groups is 1.